The number of urea groups is 2. The first-order valence-corrected chi connectivity index (χ1v) is 9.49. The molecule has 1 saturated heterocycles. The van der Waals surface area contributed by atoms with E-state index in [4.69, 9.17) is 11.6 Å². The molecule has 8 heteroatoms. The van der Waals surface area contributed by atoms with Gasteiger partial charge in [0.25, 0.3) is 0 Å². The number of rotatable bonds is 4. The van der Waals surface area contributed by atoms with Crippen molar-refractivity contribution in [3.05, 3.63) is 59.4 Å². The Hall–Kier alpha value is -2.80. The highest BCUT2D eigenvalue weighted by Gasteiger charge is 2.23. The van der Waals surface area contributed by atoms with Crippen molar-refractivity contribution < 1.29 is 14.0 Å². The highest BCUT2D eigenvalue weighted by atomic mass is 35.5. The van der Waals surface area contributed by atoms with E-state index in [0.29, 0.717) is 41.9 Å². The number of carbonyl (C=O) groups is 2. The second-order valence-corrected chi connectivity index (χ2v) is 7.15. The van der Waals surface area contributed by atoms with Crippen LogP contribution in [-0.2, 0) is 0 Å². The van der Waals surface area contributed by atoms with Crippen LogP contribution in [-0.4, -0.2) is 36.6 Å². The lowest BCUT2D eigenvalue weighted by molar-refractivity contribution is 0.181. The van der Waals surface area contributed by atoms with Gasteiger partial charge in [-0.05, 0) is 61.2 Å². The van der Waals surface area contributed by atoms with Crippen LogP contribution in [0.2, 0.25) is 5.02 Å². The number of nitrogens with zero attached hydrogens (tertiary/aromatic N) is 1. The van der Waals surface area contributed by atoms with Crippen LogP contribution in [0.5, 0.6) is 0 Å². The molecular weight excluding hydrogens is 383 g/mol. The largest absolute Gasteiger partial charge is 0.338 e. The monoisotopic (exact) mass is 404 g/mol. The molecule has 148 valence electrons. The van der Waals surface area contributed by atoms with E-state index in [2.05, 4.69) is 16.0 Å². The molecule has 0 spiro atoms. The molecule has 1 aliphatic rings. The molecule has 0 atom stereocenters. The van der Waals surface area contributed by atoms with Crippen molar-refractivity contribution in [1.29, 1.82) is 0 Å². The Morgan fingerprint density at radius 3 is 2.43 bits per heavy atom. The minimum atomic E-state index is -0.342. The molecule has 0 aliphatic carbocycles. The van der Waals surface area contributed by atoms with Crippen LogP contribution >= 0.6 is 11.6 Å². The van der Waals surface area contributed by atoms with E-state index in [1.54, 1.807) is 29.2 Å². The van der Waals surface area contributed by atoms with Crippen molar-refractivity contribution in [2.45, 2.75) is 12.8 Å². The summed E-state index contributed by atoms with van der Waals surface area (Å²) in [6, 6.07) is 12.2. The summed E-state index contributed by atoms with van der Waals surface area (Å²) in [6.07, 6.45) is 1.60. The van der Waals surface area contributed by atoms with E-state index in [0.717, 1.165) is 12.8 Å². The zero-order valence-electron chi connectivity index (χ0n) is 15.3. The second kappa shape index (κ2) is 9.41. The summed E-state index contributed by atoms with van der Waals surface area (Å²) in [5.41, 5.74) is 1.20. The van der Waals surface area contributed by atoms with Gasteiger partial charge in [0.15, 0.2) is 0 Å². The molecule has 0 unspecified atom stereocenters. The highest BCUT2D eigenvalue weighted by molar-refractivity contribution is 6.30. The van der Waals surface area contributed by atoms with Gasteiger partial charge in [-0.15, -0.1) is 0 Å². The van der Waals surface area contributed by atoms with E-state index in [-0.39, 0.29) is 17.9 Å². The normalized spacial score (nSPS) is 14.4. The molecular formula is C20H22ClFN4O2. The zero-order valence-corrected chi connectivity index (χ0v) is 16.0. The Bertz CT molecular complexity index is 823. The predicted octanol–water partition coefficient (Wildman–Crippen LogP) is 4.54. The lowest BCUT2D eigenvalue weighted by atomic mass is 9.97. The number of benzene rings is 2. The molecule has 1 fully saturated rings. The molecule has 0 saturated carbocycles. The summed E-state index contributed by atoms with van der Waals surface area (Å²) in [5.74, 6) is -0.0364. The van der Waals surface area contributed by atoms with Crippen LogP contribution in [0.15, 0.2) is 48.5 Å². The number of amides is 4. The quantitative estimate of drug-likeness (QED) is 0.699. The number of anilines is 2. The molecule has 0 radical (unpaired) electrons. The van der Waals surface area contributed by atoms with Crippen molar-refractivity contribution >= 4 is 35.0 Å². The van der Waals surface area contributed by atoms with Gasteiger partial charge in [-0.3, -0.25) is 0 Å². The lowest BCUT2D eigenvalue weighted by Crippen LogP contribution is -2.43. The van der Waals surface area contributed by atoms with Crippen molar-refractivity contribution in [1.82, 2.24) is 10.2 Å². The molecule has 2 aromatic carbocycles. The van der Waals surface area contributed by atoms with Crippen LogP contribution in [0, 0.1) is 11.7 Å². The average molecular weight is 405 g/mol. The van der Waals surface area contributed by atoms with Crippen LogP contribution in [0.25, 0.3) is 0 Å². The predicted molar refractivity (Wildman–Crippen MR) is 108 cm³/mol. The van der Waals surface area contributed by atoms with Gasteiger partial charge < -0.3 is 20.9 Å². The van der Waals surface area contributed by atoms with Crippen molar-refractivity contribution in [2.75, 3.05) is 30.3 Å². The van der Waals surface area contributed by atoms with Gasteiger partial charge in [-0.25, -0.2) is 14.0 Å². The molecule has 6 nitrogen and oxygen atoms in total. The summed E-state index contributed by atoms with van der Waals surface area (Å²) in [6.45, 7) is 1.75. The zero-order chi connectivity index (χ0) is 19.9. The molecule has 3 N–H and O–H groups in total. The number of carbonyl (C=O) groups excluding carboxylic acids is 2. The Morgan fingerprint density at radius 2 is 1.75 bits per heavy atom. The van der Waals surface area contributed by atoms with E-state index in [1.165, 1.54) is 24.3 Å². The van der Waals surface area contributed by atoms with E-state index < -0.39 is 0 Å². The number of piperidine rings is 1. The Labute approximate surface area is 168 Å². The standard InChI is InChI=1S/C20H22ClFN4O2/c21-15-2-1-3-18(12-15)24-19(27)23-13-14-8-10-26(11-9-14)20(28)25-17-6-4-16(22)5-7-17/h1-7,12,14H,8-11,13H2,(H,25,28)(H2,23,24,27). The number of hydrogen-bond donors (Lipinski definition) is 3. The van der Waals surface area contributed by atoms with E-state index in [1.807, 2.05) is 0 Å². The molecule has 2 aromatic rings. The minimum Gasteiger partial charge on any atom is -0.338 e. The van der Waals surface area contributed by atoms with Gasteiger partial charge in [0.2, 0.25) is 0 Å². The second-order valence-electron chi connectivity index (χ2n) is 6.71. The first-order valence-electron chi connectivity index (χ1n) is 9.11. The van der Waals surface area contributed by atoms with Gasteiger partial charge in [-0.1, -0.05) is 17.7 Å². The third-order valence-electron chi connectivity index (χ3n) is 4.63. The molecule has 3 rings (SSSR count). The van der Waals surface area contributed by atoms with Gasteiger partial charge in [0, 0.05) is 36.0 Å². The average Bonchev–Trinajstić information content (AvgIpc) is 2.68. The van der Waals surface area contributed by atoms with Gasteiger partial charge in [-0.2, -0.15) is 0 Å². The first-order chi connectivity index (χ1) is 13.5. The van der Waals surface area contributed by atoms with Crippen LogP contribution < -0.4 is 16.0 Å². The maximum Gasteiger partial charge on any atom is 0.321 e. The molecule has 1 aliphatic heterocycles. The summed E-state index contributed by atoms with van der Waals surface area (Å²) < 4.78 is 12.9. The third-order valence-corrected chi connectivity index (χ3v) is 4.87. The van der Waals surface area contributed by atoms with Crippen LogP contribution in [0.3, 0.4) is 0 Å². The molecule has 28 heavy (non-hydrogen) atoms. The summed E-state index contributed by atoms with van der Waals surface area (Å²) in [7, 11) is 0. The van der Waals surface area contributed by atoms with Crippen molar-refractivity contribution in [2.24, 2.45) is 5.92 Å². The first kappa shape index (κ1) is 19.9. The molecule has 0 bridgehead atoms. The summed E-state index contributed by atoms with van der Waals surface area (Å²) >= 11 is 5.90. The van der Waals surface area contributed by atoms with Crippen molar-refractivity contribution in [3.63, 3.8) is 0 Å². The molecule has 0 aromatic heterocycles. The van der Waals surface area contributed by atoms with Crippen LogP contribution in [0.1, 0.15) is 12.8 Å². The smallest absolute Gasteiger partial charge is 0.321 e. The Morgan fingerprint density at radius 1 is 1.04 bits per heavy atom. The van der Waals surface area contributed by atoms with Crippen molar-refractivity contribution in [3.8, 4) is 0 Å². The minimum absolute atomic E-state index is 0.197. The maximum absolute atomic E-state index is 12.9. The SMILES string of the molecule is O=C(NCC1CCN(C(=O)Nc2ccc(F)cc2)CC1)Nc1cccc(Cl)c1. The molecule has 4 amide bonds. The van der Waals surface area contributed by atoms with Gasteiger partial charge in [0.1, 0.15) is 5.82 Å². The number of hydrogen-bond acceptors (Lipinski definition) is 2. The summed E-state index contributed by atoms with van der Waals surface area (Å²) in [4.78, 5) is 26.0. The Balaban J connectivity index is 1.38. The number of likely N-dealkylation sites (tertiary alicyclic amines) is 1. The third kappa shape index (κ3) is 5.85. The fourth-order valence-corrected chi connectivity index (χ4v) is 3.24. The Kier molecular flexibility index (Phi) is 6.71. The number of nitrogens with one attached hydrogen (secondary N) is 3. The fraction of sp³-hybridized carbons (Fsp3) is 0.300. The number of halogens is 2. The van der Waals surface area contributed by atoms with Gasteiger partial charge >= 0.3 is 12.1 Å². The maximum atomic E-state index is 12.9. The van der Waals surface area contributed by atoms with E-state index >= 15 is 0 Å². The topological polar surface area (TPSA) is 73.5 Å². The summed E-state index contributed by atoms with van der Waals surface area (Å²) in [5, 5.41) is 8.93. The highest BCUT2D eigenvalue weighted by Crippen LogP contribution is 2.18. The van der Waals surface area contributed by atoms with Crippen LogP contribution in [0.4, 0.5) is 25.4 Å². The molecule has 1 heterocycles. The van der Waals surface area contributed by atoms with Gasteiger partial charge in [0.05, 0.1) is 0 Å². The fourth-order valence-electron chi connectivity index (χ4n) is 3.05. The lowest BCUT2D eigenvalue weighted by Gasteiger charge is -2.32. The van der Waals surface area contributed by atoms with E-state index in [9.17, 15) is 14.0 Å².